The van der Waals surface area contributed by atoms with Crippen molar-refractivity contribution in [2.24, 2.45) is 7.05 Å². The normalized spacial score (nSPS) is 16.1. The summed E-state index contributed by atoms with van der Waals surface area (Å²) in [6.07, 6.45) is -0.918. The highest BCUT2D eigenvalue weighted by molar-refractivity contribution is 6.05. The number of halogens is 3. The molecule has 3 aromatic rings. The molecule has 0 bridgehead atoms. The SMILES string of the molecule is CCN1CCN(c2cc(C(=O)Nc3ccc(C)c(N4C=C(c5cnn(C)c5C)NN4)c3)cc(C(F)(F)F)c2C)CC1. The average molecular weight is 569 g/mol. The molecule has 5 rings (SSSR count). The van der Waals surface area contributed by atoms with Crippen LogP contribution in [-0.4, -0.2) is 53.3 Å². The van der Waals surface area contributed by atoms with E-state index in [9.17, 15) is 18.0 Å². The Balaban J connectivity index is 1.41. The standard InChI is InChI=1S/C29H35F3N8O/c1-6-38-9-11-39(12-10-38)27-14-21(13-24(19(27)3)29(30,31)32)28(41)34-22-8-7-18(2)26(15-22)40-17-25(35-36-40)23-16-33-37(5)20(23)4/h7-8,13-17,35-36H,6,9-12H2,1-5H3,(H,34,41). The molecule has 9 nitrogen and oxygen atoms in total. The Labute approximate surface area is 237 Å². The minimum Gasteiger partial charge on any atom is -0.369 e. The van der Waals surface area contributed by atoms with Gasteiger partial charge in [-0.25, -0.2) is 0 Å². The number of aromatic nitrogens is 2. The van der Waals surface area contributed by atoms with Crippen molar-refractivity contribution >= 4 is 28.7 Å². The summed E-state index contributed by atoms with van der Waals surface area (Å²) in [6.45, 7) is 11.1. The van der Waals surface area contributed by atoms with Gasteiger partial charge in [-0.1, -0.05) is 13.0 Å². The van der Waals surface area contributed by atoms with Gasteiger partial charge in [-0.2, -0.15) is 18.3 Å². The third-order valence-corrected chi connectivity index (χ3v) is 7.93. The lowest BCUT2D eigenvalue weighted by Crippen LogP contribution is -2.46. The van der Waals surface area contributed by atoms with Gasteiger partial charge in [0.05, 0.1) is 23.1 Å². The highest BCUT2D eigenvalue weighted by Gasteiger charge is 2.35. The lowest BCUT2D eigenvalue weighted by Gasteiger charge is -2.37. The topological polar surface area (TPSA) is 80.7 Å². The van der Waals surface area contributed by atoms with Crippen LogP contribution in [0.1, 0.15) is 45.2 Å². The quantitative estimate of drug-likeness (QED) is 0.402. The van der Waals surface area contributed by atoms with Crippen molar-refractivity contribution in [1.29, 1.82) is 0 Å². The van der Waals surface area contributed by atoms with Crippen molar-refractivity contribution in [3.63, 3.8) is 0 Å². The van der Waals surface area contributed by atoms with Crippen LogP contribution in [0.5, 0.6) is 0 Å². The summed E-state index contributed by atoms with van der Waals surface area (Å²) in [7, 11) is 1.87. The molecule has 1 aromatic heterocycles. The van der Waals surface area contributed by atoms with Crippen LogP contribution >= 0.6 is 0 Å². The fraction of sp³-hybridized carbons (Fsp3) is 0.379. The number of likely N-dealkylation sites (N-methyl/N-ethyl adjacent to an activating group) is 1. The average Bonchev–Trinajstić information content (AvgIpc) is 3.55. The Bertz CT molecular complexity index is 1490. The van der Waals surface area contributed by atoms with Crippen LogP contribution in [0.2, 0.25) is 0 Å². The Morgan fingerprint density at radius 1 is 1.05 bits per heavy atom. The Morgan fingerprint density at radius 2 is 1.78 bits per heavy atom. The van der Waals surface area contributed by atoms with Gasteiger partial charge >= 0.3 is 6.18 Å². The van der Waals surface area contributed by atoms with Crippen LogP contribution in [0.25, 0.3) is 5.70 Å². The maximum absolute atomic E-state index is 14.0. The van der Waals surface area contributed by atoms with E-state index in [1.54, 1.807) is 34.1 Å². The van der Waals surface area contributed by atoms with Crippen molar-refractivity contribution < 1.29 is 18.0 Å². The van der Waals surface area contributed by atoms with Crippen LogP contribution in [-0.2, 0) is 13.2 Å². The summed E-state index contributed by atoms with van der Waals surface area (Å²) < 4.78 is 43.9. The maximum atomic E-state index is 14.0. The highest BCUT2D eigenvalue weighted by Crippen LogP contribution is 2.38. The van der Waals surface area contributed by atoms with Crippen LogP contribution < -0.4 is 26.2 Å². The first-order valence-electron chi connectivity index (χ1n) is 13.6. The summed E-state index contributed by atoms with van der Waals surface area (Å²) >= 11 is 0. The van der Waals surface area contributed by atoms with Crippen molar-refractivity contribution in [3.05, 3.63) is 76.2 Å². The zero-order valence-corrected chi connectivity index (χ0v) is 23.9. The number of carbonyl (C=O) groups excluding carboxylic acids is 1. The fourth-order valence-corrected chi connectivity index (χ4v) is 5.25. The van der Waals surface area contributed by atoms with Gasteiger partial charge in [0.1, 0.15) is 0 Å². The van der Waals surface area contributed by atoms with Crippen molar-refractivity contribution in [1.82, 2.24) is 25.6 Å². The summed E-state index contributed by atoms with van der Waals surface area (Å²) in [5, 5.41) is 8.88. The number of hydrazine groups is 2. The van der Waals surface area contributed by atoms with E-state index in [0.29, 0.717) is 24.5 Å². The Kier molecular flexibility index (Phi) is 7.71. The van der Waals surface area contributed by atoms with Crippen LogP contribution in [0.15, 0.2) is 42.7 Å². The molecule has 0 unspecified atom stereocenters. The van der Waals surface area contributed by atoms with Gasteiger partial charge in [-0.15, -0.1) is 5.53 Å². The Hall–Kier alpha value is -4.03. The van der Waals surface area contributed by atoms with E-state index in [-0.39, 0.29) is 11.1 Å². The van der Waals surface area contributed by atoms with Gasteiger partial charge in [0.25, 0.3) is 5.91 Å². The predicted molar refractivity (Wildman–Crippen MR) is 154 cm³/mol. The number of carbonyl (C=O) groups is 1. The number of alkyl halides is 3. The zero-order chi connectivity index (χ0) is 29.5. The second-order valence-electron chi connectivity index (χ2n) is 10.5. The van der Waals surface area contributed by atoms with E-state index < -0.39 is 17.6 Å². The molecule has 0 radical (unpaired) electrons. The first-order valence-corrected chi connectivity index (χ1v) is 13.6. The van der Waals surface area contributed by atoms with Crippen LogP contribution in [0.3, 0.4) is 0 Å². The maximum Gasteiger partial charge on any atom is 0.416 e. The third kappa shape index (κ3) is 5.75. The van der Waals surface area contributed by atoms with Crippen LogP contribution in [0, 0.1) is 20.8 Å². The molecule has 2 aliphatic rings. The number of anilines is 3. The molecule has 3 heterocycles. The van der Waals surface area contributed by atoms with E-state index in [1.165, 1.54) is 6.92 Å². The third-order valence-electron chi connectivity index (χ3n) is 7.93. The number of rotatable bonds is 6. The van der Waals surface area contributed by atoms with Gasteiger partial charge in [0.2, 0.25) is 0 Å². The monoisotopic (exact) mass is 568 g/mol. The number of amides is 1. The molecule has 2 aromatic carbocycles. The second-order valence-corrected chi connectivity index (χ2v) is 10.5. The molecule has 1 fully saturated rings. The van der Waals surface area contributed by atoms with Gasteiger partial charge in [0, 0.05) is 67.6 Å². The Morgan fingerprint density at radius 3 is 2.41 bits per heavy atom. The predicted octanol–water partition coefficient (Wildman–Crippen LogP) is 4.59. The van der Waals surface area contributed by atoms with Gasteiger partial charge in [0.15, 0.2) is 0 Å². The summed E-state index contributed by atoms with van der Waals surface area (Å²) in [4.78, 5) is 17.6. The molecule has 2 aliphatic heterocycles. The first-order chi connectivity index (χ1) is 19.5. The van der Waals surface area contributed by atoms with Crippen molar-refractivity contribution in [2.75, 3.05) is 47.9 Å². The molecule has 41 heavy (non-hydrogen) atoms. The van der Waals surface area contributed by atoms with E-state index in [0.717, 1.165) is 53.9 Å². The number of nitrogens with zero attached hydrogens (tertiary/aromatic N) is 5. The van der Waals surface area contributed by atoms with Crippen LogP contribution in [0.4, 0.5) is 30.2 Å². The molecule has 12 heteroatoms. The highest BCUT2D eigenvalue weighted by atomic mass is 19.4. The van der Waals surface area contributed by atoms with E-state index in [2.05, 4.69) is 33.2 Å². The summed E-state index contributed by atoms with van der Waals surface area (Å²) in [5.41, 5.74) is 10.9. The second kappa shape index (κ2) is 11.1. The molecular formula is C29H35F3N8O. The zero-order valence-electron chi connectivity index (χ0n) is 23.9. The molecular weight excluding hydrogens is 533 g/mol. The number of nitrogens with one attached hydrogen (secondary N) is 3. The molecule has 218 valence electrons. The van der Waals surface area contributed by atoms with E-state index in [4.69, 9.17) is 0 Å². The van der Waals surface area contributed by atoms with Gasteiger partial charge in [-0.3, -0.25) is 14.5 Å². The van der Waals surface area contributed by atoms with E-state index in [1.807, 2.05) is 38.1 Å². The van der Waals surface area contributed by atoms with E-state index >= 15 is 0 Å². The molecule has 1 saturated heterocycles. The van der Waals surface area contributed by atoms with Crippen molar-refractivity contribution in [3.8, 4) is 0 Å². The van der Waals surface area contributed by atoms with Gasteiger partial charge in [-0.05, 0) is 62.7 Å². The molecule has 0 saturated carbocycles. The lowest BCUT2D eigenvalue weighted by atomic mass is 10.00. The largest absolute Gasteiger partial charge is 0.416 e. The first kappa shape index (κ1) is 28.5. The van der Waals surface area contributed by atoms with Gasteiger partial charge < -0.3 is 20.5 Å². The minimum atomic E-state index is -4.58. The molecule has 3 N–H and O–H groups in total. The molecule has 0 aliphatic carbocycles. The molecule has 1 amide bonds. The minimum absolute atomic E-state index is 0.0341. The number of aryl methyl sites for hydroxylation is 2. The molecule has 0 atom stereocenters. The number of hydrogen-bond acceptors (Lipinski definition) is 7. The summed E-state index contributed by atoms with van der Waals surface area (Å²) in [6, 6.07) is 7.89. The lowest BCUT2D eigenvalue weighted by molar-refractivity contribution is -0.138. The fourth-order valence-electron chi connectivity index (χ4n) is 5.25. The number of piperazine rings is 1. The number of hydrogen-bond donors (Lipinski definition) is 3. The molecule has 0 spiro atoms. The number of benzene rings is 2. The smallest absolute Gasteiger partial charge is 0.369 e. The summed E-state index contributed by atoms with van der Waals surface area (Å²) in [5.74, 6) is -0.603. The van der Waals surface area contributed by atoms with Crippen molar-refractivity contribution in [2.45, 2.75) is 33.9 Å².